The minimum atomic E-state index is -0.327. The number of amides is 3. The van der Waals surface area contributed by atoms with E-state index in [-0.39, 0.29) is 6.03 Å². The third-order valence-electron chi connectivity index (χ3n) is 1.88. The van der Waals surface area contributed by atoms with E-state index in [4.69, 9.17) is 0 Å². The van der Waals surface area contributed by atoms with Gasteiger partial charge in [-0.05, 0) is 6.42 Å². The van der Waals surface area contributed by atoms with Gasteiger partial charge in [-0.2, -0.15) is 0 Å². The summed E-state index contributed by atoms with van der Waals surface area (Å²) < 4.78 is 0. The molecule has 0 saturated carbocycles. The van der Waals surface area contributed by atoms with Gasteiger partial charge in [-0.1, -0.05) is 26.2 Å². The van der Waals surface area contributed by atoms with E-state index in [0.29, 0.717) is 13.0 Å². The third-order valence-corrected chi connectivity index (χ3v) is 1.88. The molecule has 0 atom stereocenters. The highest BCUT2D eigenvalue weighted by Crippen LogP contribution is 1.99. The van der Waals surface area contributed by atoms with Crippen molar-refractivity contribution in [2.24, 2.45) is 0 Å². The fraction of sp³-hybridized carbons (Fsp3) is 0.778. The first kappa shape index (κ1) is 11.9. The predicted molar refractivity (Wildman–Crippen MR) is 51.4 cm³/mol. The van der Waals surface area contributed by atoms with Crippen LogP contribution in [0.2, 0.25) is 0 Å². The number of hydrogen-bond donors (Lipinski definition) is 1. The van der Waals surface area contributed by atoms with Crippen molar-refractivity contribution >= 4 is 12.4 Å². The van der Waals surface area contributed by atoms with Gasteiger partial charge in [0.2, 0.25) is 6.41 Å². The number of urea groups is 1. The van der Waals surface area contributed by atoms with Crippen LogP contribution in [0.5, 0.6) is 0 Å². The molecule has 0 spiro atoms. The number of nitrogens with zero attached hydrogens (tertiary/aromatic N) is 1. The number of nitrogens with one attached hydrogen (secondary N) is 1. The number of carbonyl (C=O) groups is 2. The van der Waals surface area contributed by atoms with Crippen molar-refractivity contribution in [3.63, 3.8) is 0 Å². The number of hydrogen-bond acceptors (Lipinski definition) is 2. The minimum absolute atomic E-state index is 0.327. The maximum atomic E-state index is 11.0. The van der Waals surface area contributed by atoms with E-state index in [1.165, 1.54) is 17.7 Å². The first-order valence-corrected chi connectivity index (χ1v) is 4.67. The Morgan fingerprint density at radius 1 is 1.38 bits per heavy atom. The Hall–Kier alpha value is -1.06. The van der Waals surface area contributed by atoms with Crippen LogP contribution in [0, 0.1) is 0 Å². The van der Waals surface area contributed by atoms with Crippen LogP contribution in [0.1, 0.15) is 32.6 Å². The van der Waals surface area contributed by atoms with Gasteiger partial charge < -0.3 is 4.90 Å². The first-order valence-electron chi connectivity index (χ1n) is 4.67. The molecule has 76 valence electrons. The van der Waals surface area contributed by atoms with Crippen LogP contribution in [0.4, 0.5) is 4.79 Å². The fourth-order valence-corrected chi connectivity index (χ4v) is 1.04. The highest BCUT2D eigenvalue weighted by molar-refractivity contribution is 5.84. The van der Waals surface area contributed by atoms with Crippen LogP contribution in [0.3, 0.4) is 0 Å². The molecule has 0 saturated heterocycles. The van der Waals surface area contributed by atoms with Crippen molar-refractivity contribution in [2.45, 2.75) is 32.6 Å². The van der Waals surface area contributed by atoms with Gasteiger partial charge in [-0.25, -0.2) is 4.79 Å². The highest BCUT2D eigenvalue weighted by Gasteiger charge is 2.05. The SMILES string of the molecule is CCCCCCN(C)C(=O)NC=O. The molecule has 0 aliphatic carbocycles. The molecule has 4 nitrogen and oxygen atoms in total. The molecule has 0 aromatic heterocycles. The Morgan fingerprint density at radius 2 is 2.08 bits per heavy atom. The average Bonchev–Trinajstić information content (AvgIpc) is 2.12. The lowest BCUT2D eigenvalue weighted by Gasteiger charge is -2.15. The molecule has 0 radical (unpaired) electrons. The van der Waals surface area contributed by atoms with Gasteiger partial charge in [-0.15, -0.1) is 0 Å². The summed E-state index contributed by atoms with van der Waals surface area (Å²) >= 11 is 0. The van der Waals surface area contributed by atoms with Gasteiger partial charge in [-0.3, -0.25) is 10.1 Å². The van der Waals surface area contributed by atoms with E-state index in [0.717, 1.165) is 12.8 Å². The molecule has 0 aliphatic heterocycles. The number of imide groups is 1. The van der Waals surface area contributed by atoms with Crippen molar-refractivity contribution in [1.29, 1.82) is 0 Å². The lowest BCUT2D eigenvalue weighted by molar-refractivity contribution is -0.108. The summed E-state index contributed by atoms with van der Waals surface area (Å²) in [5.41, 5.74) is 0. The largest absolute Gasteiger partial charge is 0.328 e. The molecule has 0 unspecified atom stereocenters. The number of carbonyl (C=O) groups excluding carboxylic acids is 2. The van der Waals surface area contributed by atoms with Gasteiger partial charge in [0.1, 0.15) is 0 Å². The fourth-order valence-electron chi connectivity index (χ4n) is 1.04. The molecule has 0 aromatic rings. The molecule has 0 aliphatic rings. The molecule has 0 bridgehead atoms. The second kappa shape index (κ2) is 7.58. The number of rotatable bonds is 6. The van der Waals surface area contributed by atoms with Crippen LogP contribution in [-0.4, -0.2) is 30.9 Å². The molecule has 13 heavy (non-hydrogen) atoms. The van der Waals surface area contributed by atoms with E-state index in [2.05, 4.69) is 12.2 Å². The van der Waals surface area contributed by atoms with Crippen LogP contribution >= 0.6 is 0 Å². The lowest BCUT2D eigenvalue weighted by Crippen LogP contribution is -2.36. The molecule has 1 N–H and O–H groups in total. The summed E-state index contributed by atoms with van der Waals surface area (Å²) in [5.74, 6) is 0. The maximum absolute atomic E-state index is 11.0. The molecule has 3 amide bonds. The smallest absolute Gasteiger partial charge is 0.323 e. The number of unbranched alkanes of at least 4 members (excludes halogenated alkanes) is 3. The minimum Gasteiger partial charge on any atom is -0.328 e. The standard InChI is InChI=1S/C9H18N2O2/c1-3-4-5-6-7-11(2)9(13)10-8-12/h8H,3-7H2,1-2H3,(H,10,12,13). The predicted octanol–water partition coefficient (Wildman–Crippen LogP) is 1.36. The third kappa shape index (κ3) is 6.13. The van der Waals surface area contributed by atoms with Crippen LogP contribution < -0.4 is 5.32 Å². The van der Waals surface area contributed by atoms with Gasteiger partial charge in [0, 0.05) is 13.6 Å². The van der Waals surface area contributed by atoms with Crippen LogP contribution in [0.15, 0.2) is 0 Å². The molecular formula is C9H18N2O2. The second-order valence-electron chi connectivity index (χ2n) is 3.05. The Balaban J connectivity index is 3.43. The first-order chi connectivity index (χ1) is 6.22. The van der Waals surface area contributed by atoms with Crippen molar-refractivity contribution in [2.75, 3.05) is 13.6 Å². The average molecular weight is 186 g/mol. The Labute approximate surface area is 79.3 Å². The zero-order chi connectivity index (χ0) is 10.1. The van der Waals surface area contributed by atoms with Crippen molar-refractivity contribution in [1.82, 2.24) is 10.2 Å². The second-order valence-corrected chi connectivity index (χ2v) is 3.05. The monoisotopic (exact) mass is 186 g/mol. The molecule has 0 fully saturated rings. The van der Waals surface area contributed by atoms with Crippen molar-refractivity contribution in [3.05, 3.63) is 0 Å². The highest BCUT2D eigenvalue weighted by atomic mass is 16.2. The Kier molecular flexibility index (Phi) is 6.96. The zero-order valence-corrected chi connectivity index (χ0v) is 8.38. The normalized spacial score (nSPS) is 9.38. The van der Waals surface area contributed by atoms with Gasteiger partial charge in [0.15, 0.2) is 0 Å². The van der Waals surface area contributed by atoms with E-state index >= 15 is 0 Å². The van der Waals surface area contributed by atoms with Crippen LogP contribution in [0.25, 0.3) is 0 Å². The Morgan fingerprint density at radius 3 is 2.62 bits per heavy atom. The topological polar surface area (TPSA) is 49.4 Å². The summed E-state index contributed by atoms with van der Waals surface area (Å²) in [6.45, 7) is 2.85. The quantitative estimate of drug-likeness (QED) is 0.503. The van der Waals surface area contributed by atoms with E-state index < -0.39 is 0 Å². The van der Waals surface area contributed by atoms with Gasteiger partial charge in [0.05, 0.1) is 0 Å². The molecule has 4 heteroatoms. The Bertz CT molecular complexity index is 160. The summed E-state index contributed by atoms with van der Waals surface area (Å²) in [5, 5.41) is 2.09. The molecule has 0 aromatic carbocycles. The summed E-state index contributed by atoms with van der Waals surface area (Å²) in [4.78, 5) is 22.4. The van der Waals surface area contributed by atoms with Crippen molar-refractivity contribution < 1.29 is 9.59 Å². The van der Waals surface area contributed by atoms with E-state index in [1.54, 1.807) is 7.05 Å². The maximum Gasteiger partial charge on any atom is 0.323 e. The lowest BCUT2D eigenvalue weighted by atomic mass is 10.2. The molecule has 0 rings (SSSR count). The summed E-state index contributed by atoms with van der Waals surface area (Å²) in [6.07, 6.45) is 4.92. The molecular weight excluding hydrogens is 168 g/mol. The molecule has 0 heterocycles. The van der Waals surface area contributed by atoms with E-state index in [9.17, 15) is 9.59 Å². The van der Waals surface area contributed by atoms with Crippen LogP contribution in [-0.2, 0) is 4.79 Å². The zero-order valence-electron chi connectivity index (χ0n) is 8.38. The van der Waals surface area contributed by atoms with E-state index in [1.807, 2.05) is 0 Å². The summed E-state index contributed by atoms with van der Waals surface area (Å²) in [7, 11) is 1.69. The van der Waals surface area contributed by atoms with Gasteiger partial charge in [0.25, 0.3) is 0 Å². The van der Waals surface area contributed by atoms with Gasteiger partial charge >= 0.3 is 6.03 Å². The van der Waals surface area contributed by atoms with Crippen molar-refractivity contribution in [3.8, 4) is 0 Å². The summed E-state index contributed by atoms with van der Waals surface area (Å²) in [6, 6.07) is -0.327.